The summed E-state index contributed by atoms with van der Waals surface area (Å²) in [6.45, 7) is 0. The third kappa shape index (κ3) is 3.20. The van der Waals surface area contributed by atoms with Gasteiger partial charge in [0.2, 0.25) is 0 Å². The molecule has 1 aromatic rings. The minimum absolute atomic E-state index is 0.0104. The Kier molecular flexibility index (Phi) is 4.52. The SMILES string of the molecule is N#Cc1cc(C(F)F)c(CBr)c(CC(=O)O)n1. The van der Waals surface area contributed by atoms with Crippen molar-refractivity contribution in [2.45, 2.75) is 18.2 Å². The van der Waals surface area contributed by atoms with Crippen molar-refractivity contribution in [1.29, 1.82) is 5.26 Å². The Morgan fingerprint density at radius 2 is 2.29 bits per heavy atom. The number of rotatable bonds is 4. The highest BCUT2D eigenvalue weighted by atomic mass is 79.9. The number of alkyl halides is 3. The zero-order valence-corrected chi connectivity index (χ0v) is 10.0. The largest absolute Gasteiger partial charge is 0.481 e. The lowest BCUT2D eigenvalue weighted by atomic mass is 10.0. The van der Waals surface area contributed by atoms with Gasteiger partial charge in [0.25, 0.3) is 6.43 Å². The molecule has 0 saturated heterocycles. The highest BCUT2D eigenvalue weighted by Gasteiger charge is 2.19. The van der Waals surface area contributed by atoms with E-state index in [-0.39, 0.29) is 27.8 Å². The zero-order chi connectivity index (χ0) is 13.0. The molecule has 1 N–H and O–H groups in total. The van der Waals surface area contributed by atoms with Gasteiger partial charge in [-0.25, -0.2) is 13.8 Å². The maximum atomic E-state index is 12.7. The first-order valence-electron chi connectivity index (χ1n) is 4.48. The summed E-state index contributed by atoms with van der Waals surface area (Å²) in [6, 6.07) is 2.61. The molecule has 0 fully saturated rings. The van der Waals surface area contributed by atoms with E-state index in [0.717, 1.165) is 6.07 Å². The molecule has 90 valence electrons. The Morgan fingerprint density at radius 3 is 2.71 bits per heavy atom. The van der Waals surface area contributed by atoms with Gasteiger partial charge < -0.3 is 5.11 Å². The predicted molar refractivity (Wildman–Crippen MR) is 57.9 cm³/mol. The van der Waals surface area contributed by atoms with Crippen LogP contribution in [0.5, 0.6) is 0 Å². The van der Waals surface area contributed by atoms with Crippen molar-refractivity contribution in [3.8, 4) is 6.07 Å². The van der Waals surface area contributed by atoms with E-state index >= 15 is 0 Å². The van der Waals surface area contributed by atoms with E-state index in [4.69, 9.17) is 10.4 Å². The van der Waals surface area contributed by atoms with Gasteiger partial charge in [-0.3, -0.25) is 4.79 Å². The van der Waals surface area contributed by atoms with Crippen molar-refractivity contribution in [2.24, 2.45) is 0 Å². The van der Waals surface area contributed by atoms with Crippen molar-refractivity contribution in [1.82, 2.24) is 4.98 Å². The van der Waals surface area contributed by atoms with Crippen LogP contribution in [-0.2, 0) is 16.5 Å². The maximum Gasteiger partial charge on any atom is 0.309 e. The summed E-state index contributed by atoms with van der Waals surface area (Å²) in [4.78, 5) is 14.3. The lowest BCUT2D eigenvalue weighted by Crippen LogP contribution is -2.09. The summed E-state index contributed by atoms with van der Waals surface area (Å²) in [5.74, 6) is -1.19. The summed E-state index contributed by atoms with van der Waals surface area (Å²) < 4.78 is 25.5. The molecule has 0 unspecified atom stereocenters. The van der Waals surface area contributed by atoms with Gasteiger partial charge in [-0.05, 0) is 11.6 Å². The molecule has 1 aromatic heterocycles. The van der Waals surface area contributed by atoms with Crippen LogP contribution in [0.1, 0.15) is 28.9 Å². The molecule has 0 bridgehead atoms. The number of hydrogen-bond acceptors (Lipinski definition) is 3. The van der Waals surface area contributed by atoms with Gasteiger partial charge in [-0.15, -0.1) is 0 Å². The van der Waals surface area contributed by atoms with Crippen LogP contribution in [0.3, 0.4) is 0 Å². The molecule has 4 nitrogen and oxygen atoms in total. The standard InChI is InChI=1S/C10H7BrF2N2O2/c11-3-7-6(10(12)13)1-5(4-14)15-8(7)2-9(16)17/h1,10H,2-3H2,(H,16,17). The van der Waals surface area contributed by atoms with Crippen molar-refractivity contribution < 1.29 is 18.7 Å². The van der Waals surface area contributed by atoms with Gasteiger partial charge in [0.05, 0.1) is 12.1 Å². The molecule has 0 aliphatic carbocycles. The quantitative estimate of drug-likeness (QED) is 0.867. The molecule has 7 heteroatoms. The van der Waals surface area contributed by atoms with E-state index in [9.17, 15) is 13.6 Å². The number of aliphatic carboxylic acids is 1. The first-order valence-corrected chi connectivity index (χ1v) is 5.60. The topological polar surface area (TPSA) is 74.0 Å². The molecular formula is C10H7BrF2N2O2. The number of nitrogens with zero attached hydrogens (tertiary/aromatic N) is 2. The minimum atomic E-state index is -2.77. The van der Waals surface area contributed by atoms with E-state index in [1.54, 1.807) is 6.07 Å². The van der Waals surface area contributed by atoms with Crippen LogP contribution in [0.25, 0.3) is 0 Å². The fourth-order valence-corrected chi connectivity index (χ4v) is 1.99. The summed E-state index contributed by atoms with van der Waals surface area (Å²) in [5.41, 5.74) is -0.448. The van der Waals surface area contributed by atoms with E-state index in [1.807, 2.05) is 0 Å². The predicted octanol–water partition coefficient (Wildman–Crippen LogP) is 2.41. The Bertz CT molecular complexity index is 486. The number of carboxylic acid groups (broad SMARTS) is 1. The van der Waals surface area contributed by atoms with Gasteiger partial charge in [0.15, 0.2) is 0 Å². The molecule has 0 radical (unpaired) electrons. The smallest absolute Gasteiger partial charge is 0.309 e. The summed E-state index contributed by atoms with van der Waals surface area (Å²) in [6.07, 6.45) is -3.26. The first kappa shape index (κ1) is 13.5. The molecule has 0 aliphatic heterocycles. The van der Waals surface area contributed by atoms with E-state index < -0.39 is 18.8 Å². The van der Waals surface area contributed by atoms with Crippen molar-refractivity contribution in [3.63, 3.8) is 0 Å². The van der Waals surface area contributed by atoms with Crippen LogP contribution in [0.4, 0.5) is 8.78 Å². The van der Waals surface area contributed by atoms with Crippen LogP contribution >= 0.6 is 15.9 Å². The minimum Gasteiger partial charge on any atom is -0.481 e. The van der Waals surface area contributed by atoms with Gasteiger partial charge in [0, 0.05) is 10.9 Å². The van der Waals surface area contributed by atoms with E-state index in [0.29, 0.717) is 0 Å². The maximum absolute atomic E-state index is 12.7. The number of carboxylic acids is 1. The van der Waals surface area contributed by atoms with E-state index in [2.05, 4.69) is 20.9 Å². The second-order valence-corrected chi connectivity index (χ2v) is 3.70. The fraction of sp³-hybridized carbons (Fsp3) is 0.300. The lowest BCUT2D eigenvalue weighted by Gasteiger charge is -2.11. The van der Waals surface area contributed by atoms with E-state index in [1.165, 1.54) is 0 Å². The van der Waals surface area contributed by atoms with Gasteiger partial charge in [-0.1, -0.05) is 15.9 Å². The molecule has 1 rings (SSSR count). The number of pyridine rings is 1. The molecule has 17 heavy (non-hydrogen) atoms. The lowest BCUT2D eigenvalue weighted by molar-refractivity contribution is -0.136. The third-order valence-electron chi connectivity index (χ3n) is 2.05. The summed E-state index contributed by atoms with van der Waals surface area (Å²) in [7, 11) is 0. The fourth-order valence-electron chi connectivity index (χ4n) is 1.34. The van der Waals surface area contributed by atoms with Crippen molar-refractivity contribution >= 4 is 21.9 Å². The second-order valence-electron chi connectivity index (χ2n) is 3.14. The Morgan fingerprint density at radius 1 is 1.65 bits per heavy atom. The molecule has 0 atom stereocenters. The normalized spacial score (nSPS) is 10.3. The van der Waals surface area contributed by atoms with Crippen LogP contribution < -0.4 is 0 Å². The number of hydrogen-bond donors (Lipinski definition) is 1. The molecule has 0 spiro atoms. The molecule has 0 amide bonds. The van der Waals surface area contributed by atoms with Gasteiger partial charge in [0.1, 0.15) is 11.8 Å². The Hall–Kier alpha value is -1.55. The van der Waals surface area contributed by atoms with Crippen LogP contribution in [0, 0.1) is 11.3 Å². The monoisotopic (exact) mass is 304 g/mol. The van der Waals surface area contributed by atoms with Crippen LogP contribution in [0.15, 0.2) is 6.07 Å². The number of nitriles is 1. The average Bonchev–Trinajstić information content (AvgIpc) is 2.26. The number of halogens is 3. The third-order valence-corrected chi connectivity index (χ3v) is 2.61. The number of carbonyl (C=O) groups is 1. The second kappa shape index (κ2) is 5.68. The van der Waals surface area contributed by atoms with Gasteiger partial charge in [-0.2, -0.15) is 5.26 Å². The molecule has 0 saturated carbocycles. The average molecular weight is 305 g/mol. The molecule has 0 aliphatic rings. The van der Waals surface area contributed by atoms with Crippen molar-refractivity contribution in [3.05, 3.63) is 28.6 Å². The number of aromatic nitrogens is 1. The molecular weight excluding hydrogens is 298 g/mol. The molecule has 0 aromatic carbocycles. The van der Waals surface area contributed by atoms with Gasteiger partial charge >= 0.3 is 5.97 Å². The Labute approximate surface area is 104 Å². The first-order chi connectivity index (χ1) is 7.99. The highest BCUT2D eigenvalue weighted by molar-refractivity contribution is 9.08. The highest BCUT2D eigenvalue weighted by Crippen LogP contribution is 2.27. The molecule has 1 heterocycles. The zero-order valence-electron chi connectivity index (χ0n) is 8.45. The van der Waals surface area contributed by atoms with Crippen LogP contribution in [-0.4, -0.2) is 16.1 Å². The summed E-state index contributed by atoms with van der Waals surface area (Å²) in [5, 5.41) is 17.4. The van der Waals surface area contributed by atoms with Crippen LogP contribution in [0.2, 0.25) is 0 Å². The Balaban J connectivity index is 3.40. The van der Waals surface area contributed by atoms with Crippen molar-refractivity contribution in [2.75, 3.05) is 0 Å². The summed E-state index contributed by atoms with van der Waals surface area (Å²) >= 11 is 3.01.